The highest BCUT2D eigenvalue weighted by Crippen LogP contribution is 2.41. The van der Waals surface area contributed by atoms with Crippen LogP contribution in [0.3, 0.4) is 0 Å². The van der Waals surface area contributed by atoms with E-state index in [1.807, 2.05) is 30.3 Å². The summed E-state index contributed by atoms with van der Waals surface area (Å²) < 4.78 is 15.3. The first-order chi connectivity index (χ1) is 14.5. The zero-order chi connectivity index (χ0) is 21.7. The maximum Gasteiger partial charge on any atom is 0.306 e. The van der Waals surface area contributed by atoms with Gasteiger partial charge in [0.1, 0.15) is 0 Å². The molecule has 0 spiro atoms. The quantitative estimate of drug-likeness (QED) is 0.490. The molecule has 0 saturated heterocycles. The van der Waals surface area contributed by atoms with Crippen molar-refractivity contribution >= 4 is 5.97 Å². The number of nitrogens with one attached hydrogen (secondary N) is 2. The van der Waals surface area contributed by atoms with Gasteiger partial charge in [0.2, 0.25) is 5.75 Å². The van der Waals surface area contributed by atoms with E-state index in [-0.39, 0.29) is 29.2 Å². The molecule has 0 radical (unpaired) electrons. The number of esters is 1. The number of H-pyrrole nitrogens is 2. The van der Waals surface area contributed by atoms with E-state index in [1.165, 1.54) is 21.3 Å². The van der Waals surface area contributed by atoms with Crippen molar-refractivity contribution in [3.63, 3.8) is 0 Å². The molecule has 8 heteroatoms. The number of hydrogen-bond acceptors (Lipinski definition) is 6. The maximum absolute atomic E-state index is 12.7. The fourth-order valence-corrected chi connectivity index (χ4v) is 3.46. The number of carbonyl (C=O) groups is 1. The first-order valence-corrected chi connectivity index (χ1v) is 9.33. The number of phenols is 1. The van der Waals surface area contributed by atoms with Crippen molar-refractivity contribution in [2.24, 2.45) is 0 Å². The SMILES string of the molecule is COC(=O)CC(c1cc(OC)c(O)c(OC)c1)c1c(Cc2ccccc2)[nH][nH]c1=O. The molecule has 158 valence electrons. The predicted octanol–water partition coefficient (Wildman–Crippen LogP) is 2.71. The van der Waals surface area contributed by atoms with Crippen molar-refractivity contribution in [3.8, 4) is 17.2 Å². The van der Waals surface area contributed by atoms with Crippen LogP contribution in [0.4, 0.5) is 0 Å². The minimum atomic E-state index is -0.644. The van der Waals surface area contributed by atoms with E-state index >= 15 is 0 Å². The minimum Gasteiger partial charge on any atom is -0.502 e. The zero-order valence-corrected chi connectivity index (χ0v) is 17.0. The van der Waals surface area contributed by atoms with Crippen molar-refractivity contribution in [3.05, 3.63) is 75.2 Å². The fraction of sp³-hybridized carbons (Fsp3) is 0.273. The molecular formula is C22H24N2O6. The Labute approximate surface area is 173 Å². The van der Waals surface area contributed by atoms with Gasteiger partial charge in [-0.3, -0.25) is 14.7 Å². The average Bonchev–Trinajstić information content (AvgIpc) is 3.12. The molecular weight excluding hydrogens is 388 g/mol. The van der Waals surface area contributed by atoms with E-state index in [0.717, 1.165) is 5.56 Å². The van der Waals surface area contributed by atoms with E-state index in [1.54, 1.807) is 12.1 Å². The van der Waals surface area contributed by atoms with Crippen molar-refractivity contribution in [1.82, 2.24) is 10.2 Å². The molecule has 3 aromatic rings. The lowest BCUT2D eigenvalue weighted by Crippen LogP contribution is -2.18. The Morgan fingerprint density at radius 2 is 1.67 bits per heavy atom. The molecule has 0 aliphatic rings. The van der Waals surface area contributed by atoms with Crippen LogP contribution in [0.2, 0.25) is 0 Å². The first-order valence-electron chi connectivity index (χ1n) is 9.33. The Morgan fingerprint density at radius 3 is 2.23 bits per heavy atom. The number of aromatic amines is 2. The second-order valence-electron chi connectivity index (χ2n) is 6.74. The molecule has 1 atom stereocenters. The number of methoxy groups -OCH3 is 3. The molecule has 1 heterocycles. The standard InChI is InChI=1S/C22H24N2O6/c1-28-17-10-14(11-18(29-2)21(17)26)15(12-19(25)30-3)20-16(23-24-22(20)27)9-13-7-5-4-6-8-13/h4-8,10-11,15,26H,9,12H2,1-3H3,(H2,23,24,27). The topological polar surface area (TPSA) is 114 Å². The van der Waals surface area contributed by atoms with Crippen LogP contribution in [0.15, 0.2) is 47.3 Å². The molecule has 0 saturated carbocycles. The number of phenolic OH excluding ortho intramolecular Hbond substituents is 1. The summed E-state index contributed by atoms with van der Waals surface area (Å²) in [5.41, 5.74) is 2.32. The Morgan fingerprint density at radius 1 is 1.03 bits per heavy atom. The minimum absolute atomic E-state index is 0.0731. The molecule has 3 rings (SSSR count). The third kappa shape index (κ3) is 4.32. The number of hydrogen-bond donors (Lipinski definition) is 3. The van der Waals surface area contributed by atoms with Gasteiger partial charge in [-0.05, 0) is 23.3 Å². The lowest BCUT2D eigenvalue weighted by molar-refractivity contribution is -0.140. The van der Waals surface area contributed by atoms with Crippen molar-refractivity contribution in [2.75, 3.05) is 21.3 Å². The van der Waals surface area contributed by atoms with Crippen LogP contribution in [-0.2, 0) is 16.0 Å². The van der Waals surface area contributed by atoms with Gasteiger partial charge >= 0.3 is 5.97 Å². The Hall–Kier alpha value is -3.68. The molecule has 2 aromatic carbocycles. The Bertz CT molecular complexity index is 1050. The lowest BCUT2D eigenvalue weighted by atomic mass is 9.87. The number of aromatic hydroxyl groups is 1. The highest BCUT2D eigenvalue weighted by atomic mass is 16.5. The van der Waals surface area contributed by atoms with Crippen molar-refractivity contribution in [2.45, 2.75) is 18.8 Å². The summed E-state index contributed by atoms with van der Waals surface area (Å²) in [6.07, 6.45) is 0.398. The van der Waals surface area contributed by atoms with Crippen LogP contribution < -0.4 is 15.0 Å². The zero-order valence-electron chi connectivity index (χ0n) is 17.0. The number of ether oxygens (including phenoxy) is 3. The molecule has 3 N–H and O–H groups in total. The van der Waals surface area contributed by atoms with E-state index in [4.69, 9.17) is 14.2 Å². The third-order valence-corrected chi connectivity index (χ3v) is 4.97. The van der Waals surface area contributed by atoms with Gasteiger partial charge in [-0.1, -0.05) is 30.3 Å². The Kier molecular flexibility index (Phi) is 6.46. The molecule has 0 aliphatic carbocycles. The summed E-state index contributed by atoms with van der Waals surface area (Å²) in [5, 5.41) is 15.8. The molecule has 8 nitrogen and oxygen atoms in total. The highest BCUT2D eigenvalue weighted by Gasteiger charge is 2.28. The number of carbonyl (C=O) groups excluding carboxylic acids is 1. The number of rotatable bonds is 8. The summed E-state index contributed by atoms with van der Waals surface area (Å²) in [5.74, 6) is -0.925. The summed E-state index contributed by atoms with van der Waals surface area (Å²) in [7, 11) is 4.12. The summed E-state index contributed by atoms with van der Waals surface area (Å²) in [4.78, 5) is 24.9. The van der Waals surface area contributed by atoms with E-state index in [0.29, 0.717) is 23.2 Å². The van der Waals surface area contributed by atoms with E-state index in [2.05, 4.69) is 10.2 Å². The van der Waals surface area contributed by atoms with E-state index < -0.39 is 11.9 Å². The largest absolute Gasteiger partial charge is 0.502 e. The van der Waals surface area contributed by atoms with Crippen LogP contribution in [-0.4, -0.2) is 42.6 Å². The van der Waals surface area contributed by atoms with Crippen LogP contribution in [0.5, 0.6) is 17.2 Å². The monoisotopic (exact) mass is 412 g/mol. The smallest absolute Gasteiger partial charge is 0.306 e. The summed E-state index contributed by atoms with van der Waals surface area (Å²) in [6, 6.07) is 12.8. The highest BCUT2D eigenvalue weighted by molar-refractivity contribution is 5.72. The van der Waals surface area contributed by atoms with Crippen LogP contribution in [0.1, 0.15) is 34.7 Å². The lowest BCUT2D eigenvalue weighted by Gasteiger charge is -2.19. The third-order valence-electron chi connectivity index (χ3n) is 4.97. The normalized spacial score (nSPS) is 11.7. The summed E-state index contributed by atoms with van der Waals surface area (Å²) >= 11 is 0. The van der Waals surface area contributed by atoms with Gasteiger partial charge in [0.05, 0.1) is 27.8 Å². The van der Waals surface area contributed by atoms with Crippen molar-refractivity contribution in [1.29, 1.82) is 0 Å². The number of aromatic nitrogens is 2. The first kappa shape index (κ1) is 21.0. The van der Waals surface area contributed by atoms with E-state index in [9.17, 15) is 14.7 Å². The van der Waals surface area contributed by atoms with Crippen LogP contribution >= 0.6 is 0 Å². The second-order valence-corrected chi connectivity index (χ2v) is 6.74. The van der Waals surface area contributed by atoms with Gasteiger partial charge in [-0.15, -0.1) is 0 Å². The van der Waals surface area contributed by atoms with Gasteiger partial charge in [0.25, 0.3) is 5.56 Å². The second kappa shape index (κ2) is 9.21. The maximum atomic E-state index is 12.7. The van der Waals surface area contributed by atoms with Gasteiger partial charge in [-0.25, -0.2) is 0 Å². The molecule has 0 amide bonds. The fourth-order valence-electron chi connectivity index (χ4n) is 3.46. The van der Waals surface area contributed by atoms with Gasteiger partial charge in [0.15, 0.2) is 11.5 Å². The molecule has 1 unspecified atom stereocenters. The molecule has 0 bridgehead atoms. The molecule has 30 heavy (non-hydrogen) atoms. The average molecular weight is 412 g/mol. The van der Waals surface area contributed by atoms with Crippen molar-refractivity contribution < 1.29 is 24.1 Å². The van der Waals surface area contributed by atoms with Gasteiger partial charge in [0, 0.05) is 23.6 Å². The van der Waals surface area contributed by atoms with Crippen LogP contribution in [0.25, 0.3) is 0 Å². The van der Waals surface area contributed by atoms with Gasteiger partial charge < -0.3 is 24.4 Å². The molecule has 0 fully saturated rings. The molecule has 0 aliphatic heterocycles. The Balaban J connectivity index is 2.14. The summed E-state index contributed by atoms with van der Waals surface area (Å²) in [6.45, 7) is 0. The predicted molar refractivity (Wildman–Crippen MR) is 110 cm³/mol. The molecule has 1 aromatic heterocycles. The van der Waals surface area contributed by atoms with Crippen LogP contribution in [0, 0.1) is 0 Å². The number of benzene rings is 2. The van der Waals surface area contributed by atoms with Gasteiger partial charge in [-0.2, -0.15) is 0 Å².